The molecule has 0 bridgehead atoms. The van der Waals surface area contributed by atoms with Gasteiger partial charge in [0.2, 0.25) is 0 Å². The molecule has 0 saturated heterocycles. The van der Waals surface area contributed by atoms with Crippen LogP contribution in [0.5, 0.6) is 0 Å². The maximum Gasteiger partial charge on any atom is 0 e. The van der Waals surface area contributed by atoms with Gasteiger partial charge in [0, 0.05) is 48.7 Å². The summed E-state index contributed by atoms with van der Waals surface area (Å²) in [4.78, 5) is 0. The van der Waals surface area contributed by atoms with Crippen molar-refractivity contribution in [2.24, 2.45) is 0 Å². The Morgan fingerprint density at radius 2 is 1.00 bits per heavy atom. The smallest absolute Gasteiger partial charge is 0 e. The van der Waals surface area contributed by atoms with Crippen molar-refractivity contribution in [3.8, 4) is 0 Å². The molecule has 0 aromatic carbocycles. The molecule has 0 heterocycles. The van der Waals surface area contributed by atoms with Gasteiger partial charge in [-0.1, -0.05) is 7.43 Å². The van der Waals surface area contributed by atoms with Gasteiger partial charge in [-0.15, -0.1) is 0 Å². The summed E-state index contributed by atoms with van der Waals surface area (Å²) in [6.07, 6.45) is 0. The van der Waals surface area contributed by atoms with Crippen molar-refractivity contribution >= 4 is 62.2 Å². The van der Waals surface area contributed by atoms with Crippen molar-refractivity contribution in [3.63, 3.8) is 0 Å². The maximum absolute atomic E-state index is 0. The molecule has 0 amide bonds. The molecule has 0 aliphatic rings. The molecule has 22 valence electrons. The number of rotatable bonds is 0. The van der Waals surface area contributed by atoms with Crippen LogP contribution in [0.3, 0.4) is 0 Å². The van der Waals surface area contributed by atoms with Gasteiger partial charge in [-0.3, -0.25) is 0 Å². The van der Waals surface area contributed by atoms with Gasteiger partial charge < -0.3 is 0 Å². The van der Waals surface area contributed by atoms with Crippen molar-refractivity contribution in [3.05, 3.63) is 0 Å². The summed E-state index contributed by atoms with van der Waals surface area (Å²) in [6, 6.07) is 0. The molecule has 3 heteroatoms. The topological polar surface area (TPSA) is 0 Å². The zero-order valence-corrected chi connectivity index (χ0v) is 5.92. The first-order valence-corrected chi connectivity index (χ1v) is 0. The average molecular weight is 118 g/mol. The van der Waals surface area contributed by atoms with E-state index in [4.69, 9.17) is 0 Å². The Bertz CT molecular complexity index is 8.00. The Labute approximate surface area is 68.8 Å². The van der Waals surface area contributed by atoms with E-state index >= 15 is 0 Å². The fraction of sp³-hybridized carbons (Fsp3) is 1.00. The molecule has 0 spiro atoms. The summed E-state index contributed by atoms with van der Waals surface area (Å²) >= 11 is 0. The van der Waals surface area contributed by atoms with Gasteiger partial charge in [0.25, 0.3) is 0 Å². The Morgan fingerprint density at radius 3 is 1.00 bits per heavy atom. The first kappa shape index (κ1) is 40.7. The van der Waals surface area contributed by atoms with Crippen LogP contribution in [0, 0.1) is 0 Å². The molecular weight excluding hydrogens is 112 g/mol. The van der Waals surface area contributed by atoms with E-state index in [9.17, 15) is 0 Å². The Morgan fingerprint density at radius 1 is 1.00 bits per heavy atom. The van der Waals surface area contributed by atoms with Crippen molar-refractivity contribution in [1.82, 2.24) is 0 Å². The Hall–Kier alpha value is 1.83. The van der Waals surface area contributed by atoms with Crippen LogP contribution in [0.2, 0.25) is 0 Å². The fourth-order valence-corrected chi connectivity index (χ4v) is 0. The van der Waals surface area contributed by atoms with E-state index in [-0.39, 0.29) is 69.6 Å². The summed E-state index contributed by atoms with van der Waals surface area (Å²) in [5, 5.41) is 0. The third-order valence-electron chi connectivity index (χ3n) is 0. The van der Waals surface area contributed by atoms with Crippen molar-refractivity contribution < 1.29 is 0 Å². The summed E-state index contributed by atoms with van der Waals surface area (Å²) < 4.78 is 0. The minimum Gasteiger partial charge on any atom is -0.197 e. The van der Waals surface area contributed by atoms with Gasteiger partial charge in [-0.05, 0) is 0 Å². The molecule has 0 aliphatic carbocycles. The molecule has 0 aliphatic heterocycles. The molecule has 0 fully saturated rings. The van der Waals surface area contributed by atoms with Crippen LogP contribution < -0.4 is 0 Å². The van der Waals surface area contributed by atoms with Crippen molar-refractivity contribution in [2.75, 3.05) is 0 Å². The van der Waals surface area contributed by atoms with Gasteiger partial charge in [0.15, 0.2) is 0 Å². The number of hydrogen-bond donors (Lipinski definition) is 0. The summed E-state index contributed by atoms with van der Waals surface area (Å²) in [5.74, 6) is 0. The summed E-state index contributed by atoms with van der Waals surface area (Å²) in [6.45, 7) is 0. The van der Waals surface area contributed by atoms with Gasteiger partial charge in [-0.2, -0.15) is 13.5 Å². The maximum atomic E-state index is 0. The van der Waals surface area contributed by atoms with E-state index in [1.54, 1.807) is 0 Å². The van der Waals surface area contributed by atoms with Crippen LogP contribution >= 0.6 is 13.5 Å². The SMILES string of the molecule is C.S.[Ca].[Si]. The van der Waals surface area contributed by atoms with Crippen LogP contribution in [-0.4, -0.2) is 48.7 Å². The standard InChI is InChI=1S/CH4.Ca.H2S.Si/h1H4;;1H2;. The monoisotopic (exact) mass is 118 g/mol. The van der Waals surface area contributed by atoms with Gasteiger partial charge >= 0.3 is 0 Å². The molecular formula is CH6CaSSi. The normalized spacial score (nSPS) is 0. The molecule has 0 aromatic rings. The van der Waals surface area contributed by atoms with Crippen LogP contribution in [0.4, 0.5) is 0 Å². The second-order valence-corrected chi connectivity index (χ2v) is 0. The first-order chi connectivity index (χ1) is 0. The van der Waals surface area contributed by atoms with Crippen LogP contribution in [-0.2, 0) is 0 Å². The van der Waals surface area contributed by atoms with Crippen molar-refractivity contribution in [1.29, 1.82) is 0 Å². The van der Waals surface area contributed by atoms with Crippen LogP contribution in [0.1, 0.15) is 7.43 Å². The minimum absolute atomic E-state index is 0. The first-order valence-electron chi connectivity index (χ1n) is 0. The molecule has 0 saturated carbocycles. The average Bonchev–Trinajstić information content (AvgIpc) is 0. The van der Waals surface area contributed by atoms with Crippen LogP contribution in [0.25, 0.3) is 0 Å². The number of hydrogen-bond acceptors (Lipinski definition) is 0. The molecule has 4 heavy (non-hydrogen) atoms. The largest absolute Gasteiger partial charge is 0.197 e. The van der Waals surface area contributed by atoms with E-state index < -0.39 is 0 Å². The molecule has 0 aromatic heterocycles. The second kappa shape index (κ2) is 21.2. The molecule has 0 N–H and O–H groups in total. The Balaban J connectivity index is 0. The van der Waals surface area contributed by atoms with E-state index in [0.717, 1.165) is 0 Å². The van der Waals surface area contributed by atoms with E-state index in [1.165, 1.54) is 0 Å². The zero-order valence-electron chi connectivity index (χ0n) is 1.71. The van der Waals surface area contributed by atoms with Gasteiger partial charge in [0.05, 0.1) is 0 Å². The summed E-state index contributed by atoms with van der Waals surface area (Å²) in [5.41, 5.74) is 0. The molecule has 0 unspecified atom stereocenters. The fourth-order valence-electron chi connectivity index (χ4n) is 0. The quantitative estimate of drug-likeness (QED) is 0.392. The van der Waals surface area contributed by atoms with Crippen LogP contribution in [0.15, 0.2) is 0 Å². The second-order valence-electron chi connectivity index (χ2n) is 0. The van der Waals surface area contributed by atoms with Gasteiger partial charge in [-0.25, -0.2) is 0 Å². The zero-order chi connectivity index (χ0) is 0. The third-order valence-corrected chi connectivity index (χ3v) is 0. The minimum atomic E-state index is 0. The molecule has 0 rings (SSSR count). The predicted molar refractivity (Wildman–Crippen MR) is 28.6 cm³/mol. The third kappa shape index (κ3) is 9.16. The van der Waals surface area contributed by atoms with E-state index in [1.807, 2.05) is 0 Å². The summed E-state index contributed by atoms with van der Waals surface area (Å²) in [7, 11) is 0. The molecule has 0 atom stereocenters. The molecule has 0 nitrogen and oxygen atoms in total. The Kier molecular flexibility index (Phi) is 215. The van der Waals surface area contributed by atoms with E-state index in [2.05, 4.69) is 0 Å². The predicted octanol–water partition coefficient (Wildman–Crippen LogP) is -0.0127. The van der Waals surface area contributed by atoms with E-state index in [0.29, 0.717) is 0 Å². The molecule has 6 radical (unpaired) electrons. The van der Waals surface area contributed by atoms with Gasteiger partial charge in [0.1, 0.15) is 0 Å². The van der Waals surface area contributed by atoms with Crippen molar-refractivity contribution in [2.45, 2.75) is 7.43 Å².